The number of nitrogens with zero attached hydrogens (tertiary/aromatic N) is 2. The van der Waals surface area contributed by atoms with Crippen molar-refractivity contribution in [2.24, 2.45) is 10.5 Å². The van der Waals surface area contributed by atoms with Gasteiger partial charge in [-0.2, -0.15) is 5.10 Å². The molecule has 0 aromatic heterocycles. The highest BCUT2D eigenvalue weighted by Gasteiger charge is 2.31. The van der Waals surface area contributed by atoms with E-state index in [9.17, 15) is 4.79 Å². The molecule has 1 aromatic rings. The molecule has 2 N–H and O–H groups in total. The molecule has 0 spiro atoms. The minimum Gasteiger partial charge on any atom is -0.399 e. The molecule has 90 valence electrons. The first kappa shape index (κ1) is 11.6. The maximum absolute atomic E-state index is 11.9. The second-order valence-electron chi connectivity index (χ2n) is 5.27. The van der Waals surface area contributed by atoms with E-state index in [0.717, 1.165) is 11.4 Å². The number of nitrogens with two attached hydrogens (primary N) is 1. The topological polar surface area (TPSA) is 58.7 Å². The number of anilines is 2. The van der Waals surface area contributed by atoms with Crippen LogP contribution < -0.4 is 10.7 Å². The van der Waals surface area contributed by atoms with E-state index in [2.05, 4.69) is 25.9 Å². The Labute approximate surface area is 101 Å². The van der Waals surface area contributed by atoms with Gasteiger partial charge in [0.2, 0.25) is 0 Å². The number of amides is 1. The summed E-state index contributed by atoms with van der Waals surface area (Å²) in [5, 5.41) is 5.84. The summed E-state index contributed by atoms with van der Waals surface area (Å²) in [4.78, 5) is 11.9. The number of carbonyl (C=O) groups is 1. The molecule has 1 aliphatic heterocycles. The van der Waals surface area contributed by atoms with Gasteiger partial charge in [0.25, 0.3) is 5.91 Å². The van der Waals surface area contributed by atoms with Crippen LogP contribution in [0.25, 0.3) is 0 Å². The highest BCUT2D eigenvalue weighted by atomic mass is 16.2. The zero-order valence-corrected chi connectivity index (χ0v) is 10.4. The van der Waals surface area contributed by atoms with Gasteiger partial charge in [0, 0.05) is 11.1 Å². The van der Waals surface area contributed by atoms with Crippen LogP contribution in [0, 0.1) is 5.41 Å². The van der Waals surface area contributed by atoms with Crippen molar-refractivity contribution in [2.75, 3.05) is 10.7 Å². The lowest BCUT2D eigenvalue weighted by molar-refractivity contribution is -0.116. The van der Waals surface area contributed by atoms with Crippen LogP contribution in [0.1, 0.15) is 27.2 Å². The zero-order valence-electron chi connectivity index (χ0n) is 10.4. The van der Waals surface area contributed by atoms with Crippen molar-refractivity contribution in [3.63, 3.8) is 0 Å². The van der Waals surface area contributed by atoms with Crippen LogP contribution in [0.4, 0.5) is 11.4 Å². The number of hydrazone groups is 1. The van der Waals surface area contributed by atoms with Crippen LogP contribution in [0.3, 0.4) is 0 Å². The first-order valence-electron chi connectivity index (χ1n) is 5.64. The van der Waals surface area contributed by atoms with Gasteiger partial charge in [-0.25, -0.2) is 5.01 Å². The Morgan fingerprint density at radius 1 is 1.35 bits per heavy atom. The number of carbonyl (C=O) groups excluding carboxylic acids is 1. The molecule has 0 atom stereocenters. The molecule has 0 bridgehead atoms. The number of rotatable bonds is 1. The van der Waals surface area contributed by atoms with E-state index in [-0.39, 0.29) is 11.3 Å². The molecule has 0 aliphatic carbocycles. The van der Waals surface area contributed by atoms with Crippen molar-refractivity contribution in [1.82, 2.24) is 0 Å². The molecular weight excluding hydrogens is 214 g/mol. The smallest absolute Gasteiger partial charge is 0.253 e. The first-order valence-corrected chi connectivity index (χ1v) is 5.64. The van der Waals surface area contributed by atoms with Crippen molar-refractivity contribution < 1.29 is 4.79 Å². The number of benzene rings is 1. The summed E-state index contributed by atoms with van der Waals surface area (Å²) in [7, 11) is 0. The quantitative estimate of drug-likeness (QED) is 0.754. The van der Waals surface area contributed by atoms with Gasteiger partial charge in [-0.3, -0.25) is 4.79 Å². The van der Waals surface area contributed by atoms with E-state index in [4.69, 9.17) is 5.73 Å². The molecule has 0 unspecified atom stereocenters. The fraction of sp³-hybridized carbons (Fsp3) is 0.385. The summed E-state index contributed by atoms with van der Waals surface area (Å²) < 4.78 is 0. The Bertz CT molecular complexity index is 486. The number of nitrogen functional groups attached to an aromatic ring is 1. The van der Waals surface area contributed by atoms with Gasteiger partial charge in [0.15, 0.2) is 0 Å². The molecule has 0 saturated heterocycles. The molecule has 2 rings (SSSR count). The van der Waals surface area contributed by atoms with Crippen molar-refractivity contribution in [3.8, 4) is 0 Å². The van der Waals surface area contributed by atoms with E-state index >= 15 is 0 Å². The standard InChI is InChI=1S/C13H17N3O/c1-13(2,3)11-8-12(17)16(15-11)10-6-4-5-9(14)7-10/h4-7H,8,14H2,1-3H3. The molecule has 17 heavy (non-hydrogen) atoms. The van der Waals surface area contributed by atoms with Gasteiger partial charge >= 0.3 is 0 Å². The van der Waals surface area contributed by atoms with Gasteiger partial charge in [0.1, 0.15) is 0 Å². The summed E-state index contributed by atoms with van der Waals surface area (Å²) in [5.41, 5.74) is 7.90. The Morgan fingerprint density at radius 2 is 2.06 bits per heavy atom. The largest absolute Gasteiger partial charge is 0.399 e. The minimum atomic E-state index is -0.0786. The summed E-state index contributed by atoms with van der Waals surface area (Å²) >= 11 is 0. The van der Waals surface area contributed by atoms with E-state index < -0.39 is 0 Å². The Hall–Kier alpha value is -1.84. The Kier molecular flexibility index (Phi) is 2.65. The van der Waals surface area contributed by atoms with Gasteiger partial charge in [-0.05, 0) is 18.2 Å². The van der Waals surface area contributed by atoms with Crippen LogP contribution >= 0.6 is 0 Å². The van der Waals surface area contributed by atoms with E-state index in [0.29, 0.717) is 12.1 Å². The van der Waals surface area contributed by atoms with Crippen molar-refractivity contribution >= 4 is 23.0 Å². The van der Waals surface area contributed by atoms with E-state index in [1.807, 2.05) is 12.1 Å². The second kappa shape index (κ2) is 3.87. The van der Waals surface area contributed by atoms with Crippen molar-refractivity contribution in [2.45, 2.75) is 27.2 Å². The molecule has 4 nitrogen and oxygen atoms in total. The first-order chi connectivity index (χ1) is 7.88. The normalized spacial score (nSPS) is 16.3. The SMILES string of the molecule is CC(C)(C)C1=NN(c2cccc(N)c2)C(=O)C1. The molecule has 1 aliphatic rings. The van der Waals surface area contributed by atoms with Crippen LogP contribution in [-0.2, 0) is 4.79 Å². The molecule has 1 aromatic carbocycles. The lowest BCUT2D eigenvalue weighted by Crippen LogP contribution is -2.20. The monoisotopic (exact) mass is 231 g/mol. The van der Waals surface area contributed by atoms with Crippen molar-refractivity contribution in [1.29, 1.82) is 0 Å². The van der Waals surface area contributed by atoms with Gasteiger partial charge < -0.3 is 5.73 Å². The highest BCUT2D eigenvalue weighted by Crippen LogP contribution is 2.28. The third kappa shape index (κ3) is 2.30. The van der Waals surface area contributed by atoms with Crippen LogP contribution in [-0.4, -0.2) is 11.6 Å². The lowest BCUT2D eigenvalue weighted by atomic mass is 9.88. The molecule has 1 amide bonds. The molecular formula is C13H17N3O. The minimum absolute atomic E-state index is 0.000486. The van der Waals surface area contributed by atoms with Gasteiger partial charge in [0.05, 0.1) is 17.8 Å². The molecule has 1 heterocycles. The maximum atomic E-state index is 11.9. The second-order valence-corrected chi connectivity index (χ2v) is 5.27. The highest BCUT2D eigenvalue weighted by molar-refractivity contribution is 6.14. The van der Waals surface area contributed by atoms with Crippen molar-refractivity contribution in [3.05, 3.63) is 24.3 Å². The summed E-state index contributed by atoms with van der Waals surface area (Å²) in [6, 6.07) is 7.21. The van der Waals surface area contributed by atoms with Gasteiger partial charge in [-0.15, -0.1) is 0 Å². The summed E-state index contributed by atoms with van der Waals surface area (Å²) in [6.45, 7) is 6.17. The molecule has 4 heteroatoms. The summed E-state index contributed by atoms with van der Waals surface area (Å²) in [6.07, 6.45) is 0.387. The molecule has 0 saturated carbocycles. The Morgan fingerprint density at radius 3 is 2.59 bits per heavy atom. The number of hydrogen-bond donors (Lipinski definition) is 1. The number of hydrogen-bond acceptors (Lipinski definition) is 3. The third-order valence-electron chi connectivity index (χ3n) is 2.76. The predicted octanol–water partition coefficient (Wildman–Crippen LogP) is 2.41. The lowest BCUT2D eigenvalue weighted by Gasteiger charge is -2.16. The van der Waals surface area contributed by atoms with E-state index in [1.54, 1.807) is 12.1 Å². The van der Waals surface area contributed by atoms with Crippen LogP contribution in [0.5, 0.6) is 0 Å². The zero-order chi connectivity index (χ0) is 12.6. The third-order valence-corrected chi connectivity index (χ3v) is 2.76. The maximum Gasteiger partial charge on any atom is 0.253 e. The Balaban J connectivity index is 2.34. The fourth-order valence-corrected chi connectivity index (χ4v) is 1.70. The fourth-order valence-electron chi connectivity index (χ4n) is 1.70. The van der Waals surface area contributed by atoms with Crippen LogP contribution in [0.15, 0.2) is 29.4 Å². The average molecular weight is 231 g/mol. The average Bonchev–Trinajstić information content (AvgIpc) is 2.60. The molecule has 0 radical (unpaired) electrons. The van der Waals surface area contributed by atoms with E-state index in [1.165, 1.54) is 5.01 Å². The molecule has 0 fully saturated rings. The van der Waals surface area contributed by atoms with Gasteiger partial charge in [-0.1, -0.05) is 26.8 Å². The van der Waals surface area contributed by atoms with Crippen LogP contribution in [0.2, 0.25) is 0 Å². The summed E-state index contributed by atoms with van der Waals surface area (Å²) in [5.74, 6) is 0.000486. The predicted molar refractivity (Wildman–Crippen MR) is 69.8 cm³/mol.